The number of ketones is 1. The highest BCUT2D eigenvalue weighted by molar-refractivity contribution is 7.89. The number of esters is 1. The van der Waals surface area contributed by atoms with Crippen molar-refractivity contribution in [2.24, 2.45) is 17.8 Å². The number of hydrogen-bond acceptors (Lipinski definition) is 6. The Kier molecular flexibility index (Phi) is 8.52. The minimum atomic E-state index is -3.77. The van der Waals surface area contributed by atoms with Gasteiger partial charge in [-0.05, 0) is 57.1 Å². The molecule has 1 aromatic carbocycles. The van der Waals surface area contributed by atoms with Crippen LogP contribution in [0.5, 0.6) is 0 Å². The molecule has 2 fully saturated rings. The number of nitrogens with one attached hydrogen (secondary N) is 1. The maximum atomic E-state index is 13.0. The van der Waals surface area contributed by atoms with Crippen molar-refractivity contribution in [3.8, 4) is 0 Å². The number of carbonyl (C=O) groups is 3. The summed E-state index contributed by atoms with van der Waals surface area (Å²) < 4.78 is 32.8. The molecule has 1 N–H and O–H groups in total. The van der Waals surface area contributed by atoms with Crippen LogP contribution in [0.4, 0.5) is 0 Å². The molecule has 1 amide bonds. The monoisotopic (exact) mass is 492 g/mol. The molecule has 1 saturated carbocycles. The number of nitrogens with zero attached hydrogens (tertiary/aromatic N) is 1. The fourth-order valence-electron chi connectivity index (χ4n) is 4.77. The molecule has 0 unspecified atom stereocenters. The third-order valence-electron chi connectivity index (χ3n) is 7.36. The molecule has 0 aromatic heterocycles. The molecule has 188 valence electrons. The van der Waals surface area contributed by atoms with Crippen molar-refractivity contribution >= 4 is 27.7 Å². The first-order chi connectivity index (χ1) is 16.0. The van der Waals surface area contributed by atoms with E-state index in [4.69, 9.17) is 4.74 Å². The van der Waals surface area contributed by atoms with E-state index in [0.29, 0.717) is 30.2 Å². The Bertz CT molecular complexity index is 1020. The van der Waals surface area contributed by atoms with Gasteiger partial charge in [-0.15, -0.1) is 0 Å². The van der Waals surface area contributed by atoms with Crippen LogP contribution in [0.1, 0.15) is 70.2 Å². The molecule has 2 aliphatic rings. The van der Waals surface area contributed by atoms with Gasteiger partial charge in [-0.1, -0.05) is 38.8 Å². The highest BCUT2D eigenvalue weighted by Crippen LogP contribution is 2.30. The molecule has 3 rings (SSSR count). The summed E-state index contributed by atoms with van der Waals surface area (Å²) in [6.45, 7) is 7.64. The van der Waals surface area contributed by atoms with Crippen LogP contribution >= 0.6 is 0 Å². The van der Waals surface area contributed by atoms with Crippen molar-refractivity contribution in [1.82, 2.24) is 9.62 Å². The third kappa shape index (κ3) is 6.05. The average molecular weight is 493 g/mol. The fraction of sp³-hybridized carbons (Fsp3) is 0.640. The summed E-state index contributed by atoms with van der Waals surface area (Å²) in [6.07, 6.45) is 2.90. The van der Waals surface area contributed by atoms with Crippen molar-refractivity contribution in [2.45, 2.75) is 76.8 Å². The quantitative estimate of drug-likeness (QED) is 0.462. The molecule has 0 spiro atoms. The lowest BCUT2D eigenvalue weighted by atomic mass is 9.78. The van der Waals surface area contributed by atoms with Crippen LogP contribution in [0.2, 0.25) is 0 Å². The van der Waals surface area contributed by atoms with Crippen LogP contribution in [-0.4, -0.2) is 55.6 Å². The Morgan fingerprint density at radius 3 is 2.41 bits per heavy atom. The summed E-state index contributed by atoms with van der Waals surface area (Å²) in [5, 5.41) is 3.04. The third-order valence-corrected chi connectivity index (χ3v) is 9.26. The zero-order valence-corrected chi connectivity index (χ0v) is 21.3. The van der Waals surface area contributed by atoms with Gasteiger partial charge in [0.05, 0.1) is 10.8 Å². The molecule has 0 radical (unpaired) electrons. The molecule has 0 bridgehead atoms. The number of ether oxygens (including phenoxy) is 1. The minimum absolute atomic E-state index is 0.0674. The molecule has 9 heteroatoms. The first-order valence-electron chi connectivity index (χ1n) is 12.1. The van der Waals surface area contributed by atoms with Crippen molar-refractivity contribution < 1.29 is 27.5 Å². The second-order valence-electron chi connectivity index (χ2n) is 9.72. The van der Waals surface area contributed by atoms with E-state index in [1.807, 2.05) is 0 Å². The Labute approximate surface area is 202 Å². The standard InChI is InChI=1S/C25H36N2O6S/c1-16-7-5-10-23(17(16)2)26-24(29)19(4)33-25(30)20-11-13-27(14-12-20)34(31,32)22-9-6-8-21(15-22)18(3)28/h6,8-9,15-17,19-20,23H,5,7,10-14H2,1-4H3,(H,26,29)/t16-,17-,19-,23-/m1/s1. The van der Waals surface area contributed by atoms with E-state index >= 15 is 0 Å². The highest BCUT2D eigenvalue weighted by Gasteiger charge is 2.35. The van der Waals surface area contributed by atoms with Gasteiger partial charge >= 0.3 is 5.97 Å². The number of hydrogen-bond donors (Lipinski definition) is 1. The number of carbonyl (C=O) groups excluding carboxylic acids is 3. The molecule has 4 atom stereocenters. The predicted molar refractivity (Wildman–Crippen MR) is 128 cm³/mol. The van der Waals surface area contributed by atoms with Crippen molar-refractivity contribution in [3.05, 3.63) is 29.8 Å². The van der Waals surface area contributed by atoms with E-state index in [1.54, 1.807) is 19.1 Å². The van der Waals surface area contributed by atoms with Crippen molar-refractivity contribution in [3.63, 3.8) is 0 Å². The maximum absolute atomic E-state index is 13.0. The summed E-state index contributed by atoms with van der Waals surface area (Å²) in [5.74, 6) is -0.498. The summed E-state index contributed by atoms with van der Waals surface area (Å²) in [5.41, 5.74) is 0.337. The van der Waals surface area contributed by atoms with Gasteiger partial charge in [0.2, 0.25) is 10.0 Å². The van der Waals surface area contributed by atoms with Crippen LogP contribution in [-0.2, 0) is 24.3 Å². The molecule has 8 nitrogen and oxygen atoms in total. The average Bonchev–Trinajstić information content (AvgIpc) is 2.82. The molecule has 1 aromatic rings. The first kappa shape index (κ1) is 26.3. The molecule has 1 aliphatic carbocycles. The van der Waals surface area contributed by atoms with E-state index in [9.17, 15) is 22.8 Å². The van der Waals surface area contributed by atoms with E-state index in [2.05, 4.69) is 19.2 Å². The number of rotatable bonds is 7. The van der Waals surface area contributed by atoms with Crippen LogP contribution in [0.25, 0.3) is 0 Å². The predicted octanol–water partition coefficient (Wildman–Crippen LogP) is 3.16. The summed E-state index contributed by atoms with van der Waals surface area (Å²) in [7, 11) is -3.77. The summed E-state index contributed by atoms with van der Waals surface area (Å²) in [4.78, 5) is 36.9. The van der Waals surface area contributed by atoms with E-state index in [1.165, 1.54) is 23.4 Å². The van der Waals surface area contributed by atoms with Gasteiger partial charge in [-0.2, -0.15) is 4.31 Å². The van der Waals surface area contributed by atoms with Gasteiger partial charge in [0, 0.05) is 24.7 Å². The van der Waals surface area contributed by atoms with Crippen LogP contribution in [0.3, 0.4) is 0 Å². The molecule has 1 heterocycles. The lowest BCUT2D eigenvalue weighted by Crippen LogP contribution is -2.48. The maximum Gasteiger partial charge on any atom is 0.309 e. The number of piperidine rings is 1. The SMILES string of the molecule is CC(=O)c1cccc(S(=O)(=O)N2CCC(C(=O)O[C@H](C)C(=O)N[C@@H]3CCC[C@@H](C)[C@H]3C)CC2)c1. The topological polar surface area (TPSA) is 110 Å². The van der Waals surface area contributed by atoms with E-state index in [-0.39, 0.29) is 35.7 Å². The van der Waals surface area contributed by atoms with Crippen molar-refractivity contribution in [1.29, 1.82) is 0 Å². The Morgan fingerprint density at radius 2 is 1.76 bits per heavy atom. The number of Topliss-reactive ketones (excluding diaryl/α,β-unsaturated/α-hetero) is 1. The van der Waals surface area contributed by atoms with Gasteiger partial charge in [0.15, 0.2) is 11.9 Å². The number of amides is 1. The molecule has 34 heavy (non-hydrogen) atoms. The molecule has 1 aliphatic heterocycles. The van der Waals surface area contributed by atoms with Crippen LogP contribution < -0.4 is 5.32 Å². The number of sulfonamides is 1. The zero-order valence-electron chi connectivity index (χ0n) is 20.5. The molecular weight excluding hydrogens is 456 g/mol. The molecule has 1 saturated heterocycles. The highest BCUT2D eigenvalue weighted by atomic mass is 32.2. The fourth-order valence-corrected chi connectivity index (χ4v) is 6.28. The lowest BCUT2D eigenvalue weighted by Gasteiger charge is -2.35. The van der Waals surface area contributed by atoms with Crippen LogP contribution in [0, 0.1) is 17.8 Å². The van der Waals surface area contributed by atoms with E-state index in [0.717, 1.165) is 19.3 Å². The smallest absolute Gasteiger partial charge is 0.309 e. The van der Waals surface area contributed by atoms with Gasteiger partial charge in [0.25, 0.3) is 5.91 Å². The van der Waals surface area contributed by atoms with E-state index < -0.39 is 28.0 Å². The second kappa shape index (κ2) is 11.0. The molecular formula is C25H36N2O6S. The van der Waals surface area contributed by atoms with Crippen LogP contribution in [0.15, 0.2) is 29.2 Å². The second-order valence-corrected chi connectivity index (χ2v) is 11.7. The normalized spacial score (nSPS) is 25.4. The Hall–Kier alpha value is -2.26. The number of benzene rings is 1. The minimum Gasteiger partial charge on any atom is -0.452 e. The van der Waals surface area contributed by atoms with Gasteiger partial charge in [-0.25, -0.2) is 8.42 Å². The van der Waals surface area contributed by atoms with Gasteiger partial charge in [0.1, 0.15) is 0 Å². The zero-order chi connectivity index (χ0) is 25.0. The lowest BCUT2D eigenvalue weighted by molar-refractivity contribution is -0.160. The first-order valence-corrected chi connectivity index (χ1v) is 13.6. The Balaban J connectivity index is 1.52. The summed E-state index contributed by atoms with van der Waals surface area (Å²) in [6, 6.07) is 6.07. The van der Waals surface area contributed by atoms with Crippen molar-refractivity contribution in [2.75, 3.05) is 13.1 Å². The largest absolute Gasteiger partial charge is 0.452 e. The van der Waals surface area contributed by atoms with Gasteiger partial charge < -0.3 is 10.1 Å². The summed E-state index contributed by atoms with van der Waals surface area (Å²) >= 11 is 0. The van der Waals surface area contributed by atoms with Gasteiger partial charge in [-0.3, -0.25) is 14.4 Å². The Morgan fingerprint density at radius 1 is 1.09 bits per heavy atom.